The third kappa shape index (κ3) is 2.74. The van der Waals surface area contributed by atoms with Gasteiger partial charge in [-0.05, 0) is 104 Å². The number of aliphatic hydroxyl groups is 1. The second-order valence-electron chi connectivity index (χ2n) is 9.56. The van der Waals surface area contributed by atoms with Crippen molar-refractivity contribution in [3.8, 4) is 0 Å². The van der Waals surface area contributed by atoms with Crippen LogP contribution in [0.5, 0.6) is 0 Å². The molecular formula is C21H33IO. The molecule has 4 rings (SSSR count). The van der Waals surface area contributed by atoms with E-state index < -0.39 is 5.60 Å². The summed E-state index contributed by atoms with van der Waals surface area (Å²) in [5.74, 6) is 4.66. The predicted octanol–water partition coefficient (Wildman–Crippen LogP) is 5.75. The first-order valence-corrected chi connectivity index (χ1v) is 11.4. The van der Waals surface area contributed by atoms with Crippen LogP contribution in [0.2, 0.25) is 0 Å². The first-order chi connectivity index (χ1) is 10.9. The van der Waals surface area contributed by atoms with Gasteiger partial charge in [-0.15, -0.1) is 0 Å². The van der Waals surface area contributed by atoms with Crippen LogP contribution in [0.1, 0.15) is 71.6 Å². The van der Waals surface area contributed by atoms with Crippen LogP contribution in [0.15, 0.2) is 11.6 Å². The molecule has 3 saturated carbocycles. The zero-order valence-corrected chi connectivity index (χ0v) is 17.0. The molecule has 130 valence electrons. The van der Waals surface area contributed by atoms with Gasteiger partial charge in [0.2, 0.25) is 0 Å². The Bertz CT molecular complexity index is 496. The van der Waals surface area contributed by atoms with E-state index in [1.54, 1.807) is 5.57 Å². The van der Waals surface area contributed by atoms with Crippen LogP contribution >= 0.6 is 22.6 Å². The standard InChI is InChI=1S/C21H33IO/c1-20(23)10-7-16-14(13-20)3-5-18-17(16)8-11-21(2)15(9-12-22)4-6-19(18)21/h3,15-19,23H,4-13H2,1-2H3/t15-,16+,17?,18-,19+,20?,21-/m1/s1. The molecule has 23 heavy (non-hydrogen) atoms. The van der Waals surface area contributed by atoms with Crippen molar-refractivity contribution in [2.45, 2.75) is 77.2 Å². The van der Waals surface area contributed by atoms with E-state index >= 15 is 0 Å². The second kappa shape index (κ2) is 6.00. The van der Waals surface area contributed by atoms with Crippen LogP contribution < -0.4 is 0 Å². The number of allylic oxidation sites excluding steroid dienone is 1. The lowest BCUT2D eigenvalue weighted by atomic mass is 9.51. The van der Waals surface area contributed by atoms with Crippen molar-refractivity contribution in [2.75, 3.05) is 4.43 Å². The van der Waals surface area contributed by atoms with Gasteiger partial charge in [-0.3, -0.25) is 0 Å². The first-order valence-electron chi connectivity index (χ1n) is 9.92. The topological polar surface area (TPSA) is 20.2 Å². The molecule has 0 aromatic heterocycles. The zero-order chi connectivity index (χ0) is 16.2. The molecule has 1 N–H and O–H groups in total. The Hall–Kier alpha value is 0.430. The van der Waals surface area contributed by atoms with E-state index in [9.17, 15) is 5.11 Å². The van der Waals surface area contributed by atoms with Crippen molar-refractivity contribution in [3.05, 3.63) is 11.6 Å². The Morgan fingerprint density at radius 1 is 1.13 bits per heavy atom. The van der Waals surface area contributed by atoms with E-state index in [4.69, 9.17) is 0 Å². The van der Waals surface area contributed by atoms with Gasteiger partial charge in [0.15, 0.2) is 0 Å². The number of fused-ring (bicyclic) bond motifs is 5. The molecule has 0 spiro atoms. The Balaban J connectivity index is 1.57. The molecular weight excluding hydrogens is 395 g/mol. The van der Waals surface area contributed by atoms with Crippen molar-refractivity contribution >= 4 is 22.6 Å². The van der Waals surface area contributed by atoms with E-state index in [1.165, 1.54) is 49.4 Å². The van der Waals surface area contributed by atoms with Crippen LogP contribution in [0.3, 0.4) is 0 Å². The summed E-state index contributed by atoms with van der Waals surface area (Å²) in [6, 6.07) is 0. The summed E-state index contributed by atoms with van der Waals surface area (Å²) in [7, 11) is 0. The average Bonchev–Trinajstić information content (AvgIpc) is 2.83. The van der Waals surface area contributed by atoms with Gasteiger partial charge in [0.05, 0.1) is 5.60 Å². The molecule has 0 saturated heterocycles. The van der Waals surface area contributed by atoms with Crippen LogP contribution in [-0.4, -0.2) is 15.1 Å². The van der Waals surface area contributed by atoms with Gasteiger partial charge in [0.1, 0.15) is 0 Å². The largest absolute Gasteiger partial charge is 0.390 e. The minimum absolute atomic E-state index is 0.433. The minimum Gasteiger partial charge on any atom is -0.390 e. The van der Waals surface area contributed by atoms with E-state index in [-0.39, 0.29) is 0 Å². The highest BCUT2D eigenvalue weighted by molar-refractivity contribution is 14.1. The maximum Gasteiger partial charge on any atom is 0.0657 e. The Morgan fingerprint density at radius 2 is 1.96 bits per heavy atom. The lowest BCUT2D eigenvalue weighted by Gasteiger charge is -2.54. The minimum atomic E-state index is -0.433. The summed E-state index contributed by atoms with van der Waals surface area (Å²) < 4.78 is 1.33. The van der Waals surface area contributed by atoms with Crippen molar-refractivity contribution < 1.29 is 5.11 Å². The normalized spacial score (nSPS) is 52.3. The fourth-order valence-electron chi connectivity index (χ4n) is 7.18. The first kappa shape index (κ1) is 16.9. The molecule has 0 amide bonds. The van der Waals surface area contributed by atoms with Gasteiger partial charge in [0, 0.05) is 0 Å². The maximum atomic E-state index is 10.5. The van der Waals surface area contributed by atoms with Gasteiger partial charge >= 0.3 is 0 Å². The zero-order valence-electron chi connectivity index (χ0n) is 14.9. The van der Waals surface area contributed by atoms with E-state index in [1.807, 2.05) is 6.92 Å². The van der Waals surface area contributed by atoms with Crippen molar-refractivity contribution in [1.82, 2.24) is 0 Å². The number of halogens is 1. The summed E-state index contributed by atoms with van der Waals surface area (Å²) in [4.78, 5) is 0. The fraction of sp³-hybridized carbons (Fsp3) is 0.905. The molecule has 0 aromatic carbocycles. The molecule has 2 unspecified atom stereocenters. The van der Waals surface area contributed by atoms with E-state index in [2.05, 4.69) is 35.6 Å². The summed E-state index contributed by atoms with van der Waals surface area (Å²) in [5, 5.41) is 10.5. The predicted molar refractivity (Wildman–Crippen MR) is 105 cm³/mol. The van der Waals surface area contributed by atoms with Crippen molar-refractivity contribution in [2.24, 2.45) is 35.0 Å². The highest BCUT2D eigenvalue weighted by Crippen LogP contribution is 2.64. The summed E-state index contributed by atoms with van der Waals surface area (Å²) >= 11 is 2.58. The van der Waals surface area contributed by atoms with Gasteiger partial charge in [-0.1, -0.05) is 41.2 Å². The number of rotatable bonds is 2. The monoisotopic (exact) mass is 428 g/mol. The molecule has 0 aromatic rings. The summed E-state index contributed by atoms with van der Waals surface area (Å²) in [6.45, 7) is 4.68. The number of hydrogen-bond donors (Lipinski definition) is 1. The van der Waals surface area contributed by atoms with Crippen LogP contribution in [0, 0.1) is 35.0 Å². The SMILES string of the molecule is CC1(O)CC[C@H]2C(=CC[C@@H]3C2CC[C@]2(C)[C@@H](CCI)CC[C@@H]32)C1. The van der Waals surface area contributed by atoms with Crippen molar-refractivity contribution in [1.29, 1.82) is 0 Å². The van der Waals surface area contributed by atoms with E-state index in [0.29, 0.717) is 5.41 Å². The van der Waals surface area contributed by atoms with Crippen LogP contribution in [0.4, 0.5) is 0 Å². The molecule has 0 bridgehead atoms. The van der Waals surface area contributed by atoms with E-state index in [0.717, 1.165) is 42.4 Å². The molecule has 7 atom stereocenters. The third-order valence-corrected chi connectivity index (χ3v) is 8.99. The molecule has 1 nitrogen and oxygen atoms in total. The molecule has 2 heteroatoms. The Labute approximate surface area is 155 Å². The third-order valence-electron chi connectivity index (χ3n) is 8.37. The lowest BCUT2D eigenvalue weighted by molar-refractivity contribution is -0.0330. The molecule has 0 heterocycles. The molecule has 0 aliphatic heterocycles. The number of alkyl halides is 1. The Kier molecular flexibility index (Phi) is 4.40. The van der Waals surface area contributed by atoms with Crippen LogP contribution in [-0.2, 0) is 0 Å². The smallest absolute Gasteiger partial charge is 0.0657 e. The maximum absolute atomic E-state index is 10.5. The van der Waals surface area contributed by atoms with Gasteiger partial charge in [-0.2, -0.15) is 0 Å². The van der Waals surface area contributed by atoms with Gasteiger partial charge in [0.25, 0.3) is 0 Å². The molecule has 4 aliphatic carbocycles. The summed E-state index contributed by atoms with van der Waals surface area (Å²) in [6.07, 6.45) is 14.4. The van der Waals surface area contributed by atoms with Crippen molar-refractivity contribution in [3.63, 3.8) is 0 Å². The molecule has 3 fully saturated rings. The summed E-state index contributed by atoms with van der Waals surface area (Å²) in [5.41, 5.74) is 1.82. The lowest BCUT2D eigenvalue weighted by Crippen LogP contribution is -2.47. The number of hydrogen-bond acceptors (Lipinski definition) is 1. The van der Waals surface area contributed by atoms with Gasteiger partial charge in [-0.25, -0.2) is 0 Å². The van der Waals surface area contributed by atoms with Gasteiger partial charge < -0.3 is 5.11 Å². The fourth-order valence-corrected chi connectivity index (χ4v) is 7.93. The van der Waals surface area contributed by atoms with Crippen LogP contribution in [0.25, 0.3) is 0 Å². The second-order valence-corrected chi connectivity index (χ2v) is 10.6. The molecule has 4 aliphatic rings. The highest BCUT2D eigenvalue weighted by atomic mass is 127. The Morgan fingerprint density at radius 3 is 2.74 bits per heavy atom. The highest BCUT2D eigenvalue weighted by Gasteiger charge is 2.55. The molecule has 0 radical (unpaired) electrons. The average molecular weight is 428 g/mol. The quantitative estimate of drug-likeness (QED) is 0.337.